The van der Waals surface area contributed by atoms with Gasteiger partial charge in [0.25, 0.3) is 0 Å². The number of hydrogen-bond acceptors (Lipinski definition) is 7. The van der Waals surface area contributed by atoms with Gasteiger partial charge in [-0.25, -0.2) is 18.1 Å². The monoisotopic (exact) mass is 473 g/mol. The van der Waals surface area contributed by atoms with Gasteiger partial charge < -0.3 is 10.6 Å². The van der Waals surface area contributed by atoms with Gasteiger partial charge >= 0.3 is 0 Å². The van der Waals surface area contributed by atoms with Crippen LogP contribution >= 0.6 is 11.3 Å². The average Bonchev–Trinajstić information content (AvgIpc) is 3.33. The van der Waals surface area contributed by atoms with Gasteiger partial charge in [-0.15, -0.1) is 11.3 Å². The fourth-order valence-corrected chi connectivity index (χ4v) is 6.28. The molecule has 1 aliphatic carbocycles. The second-order valence-corrected chi connectivity index (χ2v) is 11.7. The summed E-state index contributed by atoms with van der Waals surface area (Å²) in [5.41, 5.74) is 0.926. The van der Waals surface area contributed by atoms with Crippen molar-refractivity contribution in [2.75, 3.05) is 23.7 Å². The van der Waals surface area contributed by atoms with Crippen LogP contribution in [-0.4, -0.2) is 37.5 Å². The molecule has 2 aromatic heterocycles. The predicted molar refractivity (Wildman–Crippen MR) is 132 cm³/mol. The fourth-order valence-electron chi connectivity index (χ4n) is 4.13. The lowest BCUT2D eigenvalue weighted by molar-refractivity contribution is 0.284. The van der Waals surface area contributed by atoms with Gasteiger partial charge in [0.1, 0.15) is 10.0 Å². The number of fused-ring (bicyclic) bond motifs is 1. The zero-order chi connectivity index (χ0) is 22.6. The van der Waals surface area contributed by atoms with Crippen LogP contribution in [0, 0.1) is 11.8 Å². The molecule has 9 heteroatoms. The molecule has 1 fully saturated rings. The van der Waals surface area contributed by atoms with E-state index in [-0.39, 0.29) is 6.04 Å². The molecule has 0 bridgehead atoms. The van der Waals surface area contributed by atoms with E-state index in [1.165, 1.54) is 11.3 Å². The number of para-hydroxylation sites is 1. The summed E-state index contributed by atoms with van der Waals surface area (Å²) >= 11 is 1.25. The molecule has 3 aromatic rings. The lowest BCUT2D eigenvalue weighted by Crippen LogP contribution is -2.32. The van der Waals surface area contributed by atoms with E-state index in [9.17, 15) is 8.42 Å². The van der Waals surface area contributed by atoms with Crippen LogP contribution in [0.25, 0.3) is 10.9 Å². The van der Waals surface area contributed by atoms with Crippen molar-refractivity contribution >= 4 is 44.0 Å². The maximum Gasteiger partial charge on any atom is 0.250 e. The van der Waals surface area contributed by atoms with Crippen molar-refractivity contribution < 1.29 is 8.42 Å². The zero-order valence-electron chi connectivity index (χ0n) is 18.5. The van der Waals surface area contributed by atoms with E-state index in [1.54, 1.807) is 17.5 Å². The third-order valence-electron chi connectivity index (χ3n) is 5.87. The first-order chi connectivity index (χ1) is 15.4. The predicted octanol–water partition coefficient (Wildman–Crippen LogP) is 4.71. The third-order valence-corrected chi connectivity index (χ3v) is 8.69. The Morgan fingerprint density at radius 2 is 1.72 bits per heavy atom. The van der Waals surface area contributed by atoms with Crippen molar-refractivity contribution in [3.8, 4) is 0 Å². The Labute approximate surface area is 194 Å². The molecule has 0 saturated heterocycles. The number of hydrogen-bond donors (Lipinski definition) is 3. The Morgan fingerprint density at radius 1 is 1.00 bits per heavy atom. The van der Waals surface area contributed by atoms with Crippen molar-refractivity contribution in [2.24, 2.45) is 11.8 Å². The van der Waals surface area contributed by atoms with Crippen LogP contribution in [0.5, 0.6) is 0 Å². The first-order valence-electron chi connectivity index (χ1n) is 11.2. The van der Waals surface area contributed by atoms with Gasteiger partial charge in [-0.05, 0) is 74.9 Å². The Kier molecular flexibility index (Phi) is 7.27. The lowest BCUT2D eigenvalue weighted by atomic mass is 9.82. The normalized spacial score (nSPS) is 19.3. The fraction of sp³-hybridized carbons (Fsp3) is 0.478. The molecule has 0 atom stereocenters. The lowest BCUT2D eigenvalue weighted by Gasteiger charge is -2.28. The summed E-state index contributed by atoms with van der Waals surface area (Å²) in [6.07, 6.45) is 4.20. The SMILES string of the molecule is CC(C)Nc1nc(NC[C@H]2CC[C@H](CNS(=O)(=O)c3cccs3)CC2)nc2ccccc12. The van der Waals surface area contributed by atoms with Gasteiger partial charge in [0.15, 0.2) is 0 Å². The highest BCUT2D eigenvalue weighted by molar-refractivity contribution is 7.91. The molecule has 4 rings (SSSR count). The molecular weight excluding hydrogens is 442 g/mol. The van der Waals surface area contributed by atoms with Crippen molar-refractivity contribution in [3.63, 3.8) is 0 Å². The third kappa shape index (κ3) is 5.76. The zero-order valence-corrected chi connectivity index (χ0v) is 20.2. The van der Waals surface area contributed by atoms with Gasteiger partial charge in [-0.3, -0.25) is 0 Å². The van der Waals surface area contributed by atoms with Crippen molar-refractivity contribution in [1.29, 1.82) is 0 Å². The minimum Gasteiger partial charge on any atom is -0.367 e. The van der Waals surface area contributed by atoms with Gasteiger partial charge in [0.2, 0.25) is 16.0 Å². The van der Waals surface area contributed by atoms with Gasteiger partial charge in [0.05, 0.1) is 5.52 Å². The summed E-state index contributed by atoms with van der Waals surface area (Å²) in [6.45, 7) is 5.54. The molecule has 0 aliphatic heterocycles. The summed E-state index contributed by atoms with van der Waals surface area (Å²) in [5.74, 6) is 2.43. The van der Waals surface area contributed by atoms with Crippen LogP contribution in [0.1, 0.15) is 39.5 Å². The molecule has 1 aromatic carbocycles. The molecule has 1 aliphatic rings. The molecular formula is C23H31N5O2S2. The first-order valence-corrected chi connectivity index (χ1v) is 13.6. The van der Waals surface area contributed by atoms with Gasteiger partial charge in [0, 0.05) is 24.5 Å². The van der Waals surface area contributed by atoms with Gasteiger partial charge in [-0.2, -0.15) is 4.98 Å². The van der Waals surface area contributed by atoms with Crippen LogP contribution in [0.3, 0.4) is 0 Å². The number of nitrogens with one attached hydrogen (secondary N) is 3. The van der Waals surface area contributed by atoms with Crippen LogP contribution in [0.15, 0.2) is 46.0 Å². The molecule has 0 amide bonds. The molecule has 32 heavy (non-hydrogen) atoms. The maximum atomic E-state index is 12.3. The number of rotatable bonds is 9. The summed E-state index contributed by atoms with van der Waals surface area (Å²) in [5, 5.41) is 9.67. The van der Waals surface area contributed by atoms with E-state index < -0.39 is 10.0 Å². The van der Waals surface area contributed by atoms with Crippen molar-refractivity contribution in [3.05, 3.63) is 41.8 Å². The number of aromatic nitrogens is 2. The largest absolute Gasteiger partial charge is 0.367 e. The minimum atomic E-state index is -3.37. The summed E-state index contributed by atoms with van der Waals surface area (Å²) in [4.78, 5) is 9.40. The van der Waals surface area contributed by atoms with Crippen molar-refractivity contribution in [2.45, 2.75) is 49.8 Å². The molecule has 0 spiro atoms. The quantitative estimate of drug-likeness (QED) is 0.417. The van der Waals surface area contributed by atoms with Crippen LogP contribution in [0.2, 0.25) is 0 Å². The van der Waals surface area contributed by atoms with Crippen molar-refractivity contribution in [1.82, 2.24) is 14.7 Å². The number of anilines is 2. The summed E-state index contributed by atoms with van der Waals surface area (Å²) in [6, 6.07) is 11.7. The second kappa shape index (κ2) is 10.1. The van der Waals surface area contributed by atoms with Gasteiger partial charge in [-0.1, -0.05) is 18.2 Å². The molecule has 172 valence electrons. The smallest absolute Gasteiger partial charge is 0.250 e. The molecule has 0 unspecified atom stereocenters. The number of nitrogens with zero attached hydrogens (tertiary/aromatic N) is 2. The Hall–Kier alpha value is -2.23. The molecule has 1 saturated carbocycles. The summed E-state index contributed by atoms with van der Waals surface area (Å²) < 4.78 is 27.8. The minimum absolute atomic E-state index is 0.286. The van der Waals surface area contributed by atoms with E-state index >= 15 is 0 Å². The van der Waals surface area contributed by atoms with Crippen LogP contribution < -0.4 is 15.4 Å². The highest BCUT2D eigenvalue weighted by Crippen LogP contribution is 2.29. The van der Waals surface area contributed by atoms with E-state index in [2.05, 4.69) is 34.2 Å². The molecule has 3 N–H and O–H groups in total. The van der Waals surface area contributed by atoms with Crippen LogP contribution in [-0.2, 0) is 10.0 Å². The topological polar surface area (TPSA) is 96.0 Å². The number of sulfonamides is 1. The Balaban J connectivity index is 1.29. The highest BCUT2D eigenvalue weighted by atomic mass is 32.2. The number of thiophene rings is 1. The first kappa shape index (κ1) is 22.9. The maximum absolute atomic E-state index is 12.3. The van der Waals surface area contributed by atoms with E-state index in [4.69, 9.17) is 4.98 Å². The average molecular weight is 474 g/mol. The highest BCUT2D eigenvalue weighted by Gasteiger charge is 2.24. The molecule has 0 radical (unpaired) electrons. The Morgan fingerprint density at radius 3 is 2.41 bits per heavy atom. The van der Waals surface area contributed by atoms with E-state index in [1.807, 2.05) is 24.3 Å². The second-order valence-electron chi connectivity index (χ2n) is 8.76. The molecule has 2 heterocycles. The molecule has 7 nitrogen and oxygen atoms in total. The van der Waals surface area contributed by atoms with E-state index in [0.717, 1.165) is 48.9 Å². The number of benzene rings is 1. The standard InChI is InChI=1S/C23H31N5O2S2/c1-16(2)26-22-19-6-3-4-7-20(19)27-23(28-22)24-14-17-9-11-18(12-10-17)15-25-32(29,30)21-8-5-13-31-21/h3-8,13,16-18,25H,9-12,14-15H2,1-2H3,(H2,24,26,27,28)/t17-,18-. The van der Waals surface area contributed by atoms with Crippen LogP contribution in [0.4, 0.5) is 11.8 Å². The van der Waals surface area contributed by atoms with E-state index in [0.29, 0.717) is 28.5 Å². The summed E-state index contributed by atoms with van der Waals surface area (Å²) in [7, 11) is -3.37. The Bertz CT molecular complexity index is 1120.